The lowest BCUT2D eigenvalue weighted by molar-refractivity contribution is -0.133. The van der Waals surface area contributed by atoms with Crippen LogP contribution in [0.25, 0.3) is 5.82 Å². The summed E-state index contributed by atoms with van der Waals surface area (Å²) >= 11 is 0. The van der Waals surface area contributed by atoms with E-state index in [9.17, 15) is 9.18 Å². The van der Waals surface area contributed by atoms with Crippen LogP contribution < -0.4 is 9.64 Å². The van der Waals surface area contributed by atoms with Crippen LogP contribution >= 0.6 is 0 Å². The van der Waals surface area contributed by atoms with Gasteiger partial charge in [-0.15, -0.1) is 0 Å². The van der Waals surface area contributed by atoms with E-state index >= 15 is 0 Å². The number of piperazine rings is 1. The second-order valence-corrected chi connectivity index (χ2v) is 6.69. The van der Waals surface area contributed by atoms with Crippen LogP contribution in [-0.2, 0) is 4.79 Å². The molecule has 0 radical (unpaired) electrons. The van der Waals surface area contributed by atoms with Gasteiger partial charge in [0.25, 0.3) is 5.91 Å². The zero-order chi connectivity index (χ0) is 20.2. The van der Waals surface area contributed by atoms with Crippen molar-refractivity contribution in [3.8, 4) is 11.6 Å². The second kappa shape index (κ2) is 8.26. The summed E-state index contributed by atoms with van der Waals surface area (Å²) in [5.41, 5.74) is 0. The molecule has 3 aromatic rings. The van der Waals surface area contributed by atoms with Crippen LogP contribution in [0.3, 0.4) is 0 Å². The van der Waals surface area contributed by atoms with Gasteiger partial charge < -0.3 is 14.5 Å². The predicted molar refractivity (Wildman–Crippen MR) is 105 cm³/mol. The molecule has 1 saturated heterocycles. The Morgan fingerprint density at radius 1 is 1.07 bits per heavy atom. The monoisotopic (exact) mass is 396 g/mol. The summed E-state index contributed by atoms with van der Waals surface area (Å²) < 4.78 is 20.3. The minimum Gasteiger partial charge on any atom is -0.484 e. The summed E-state index contributed by atoms with van der Waals surface area (Å²) in [5, 5.41) is 0. The van der Waals surface area contributed by atoms with Crippen molar-refractivity contribution in [1.29, 1.82) is 0 Å². The van der Waals surface area contributed by atoms with Gasteiger partial charge in [-0.25, -0.2) is 19.3 Å². The normalized spacial score (nSPS) is 14.1. The van der Waals surface area contributed by atoms with E-state index in [0.717, 1.165) is 17.5 Å². The molecule has 150 valence electrons. The van der Waals surface area contributed by atoms with Crippen molar-refractivity contribution < 1.29 is 13.9 Å². The standard InChI is InChI=1S/C20H21FN6O2/c1-15-22-6-7-27(15)19-12-18(23-14-24-19)25-8-10-26(11-9-25)20(28)13-29-17-4-2-16(21)3-5-17/h2-7,12,14H,8-11,13H2,1H3. The number of ether oxygens (including phenoxy) is 1. The lowest BCUT2D eigenvalue weighted by Crippen LogP contribution is -2.50. The number of aromatic nitrogens is 4. The quantitative estimate of drug-likeness (QED) is 0.655. The number of aryl methyl sites for hydroxylation is 1. The van der Waals surface area contributed by atoms with Crippen molar-refractivity contribution in [3.63, 3.8) is 0 Å². The number of carbonyl (C=O) groups excluding carboxylic acids is 1. The Morgan fingerprint density at radius 3 is 2.48 bits per heavy atom. The minimum atomic E-state index is -0.337. The van der Waals surface area contributed by atoms with Crippen molar-refractivity contribution >= 4 is 11.7 Å². The molecule has 0 unspecified atom stereocenters. The molecule has 1 fully saturated rings. The summed E-state index contributed by atoms with van der Waals surface area (Å²) in [6, 6.07) is 7.55. The number of benzene rings is 1. The first-order valence-corrected chi connectivity index (χ1v) is 9.33. The lowest BCUT2D eigenvalue weighted by Gasteiger charge is -2.35. The number of hydrogen-bond donors (Lipinski definition) is 0. The van der Waals surface area contributed by atoms with E-state index in [1.54, 1.807) is 11.1 Å². The Morgan fingerprint density at radius 2 is 1.79 bits per heavy atom. The van der Waals surface area contributed by atoms with Crippen molar-refractivity contribution in [3.05, 3.63) is 60.7 Å². The van der Waals surface area contributed by atoms with E-state index < -0.39 is 0 Å². The predicted octanol–water partition coefficient (Wildman–Crippen LogP) is 1.84. The van der Waals surface area contributed by atoms with Crippen molar-refractivity contribution in [2.45, 2.75) is 6.92 Å². The molecule has 0 saturated carbocycles. The van der Waals surface area contributed by atoms with Crippen LogP contribution in [0.5, 0.6) is 5.75 Å². The van der Waals surface area contributed by atoms with Crippen LogP contribution in [0.4, 0.5) is 10.2 Å². The Balaban J connectivity index is 1.33. The van der Waals surface area contributed by atoms with Gasteiger partial charge in [0, 0.05) is 44.6 Å². The summed E-state index contributed by atoms with van der Waals surface area (Å²) in [6.45, 7) is 4.34. The Kier molecular flexibility index (Phi) is 5.37. The third-order valence-electron chi connectivity index (χ3n) is 4.84. The minimum absolute atomic E-state index is 0.0663. The number of nitrogens with zero attached hydrogens (tertiary/aromatic N) is 6. The third kappa shape index (κ3) is 4.34. The smallest absolute Gasteiger partial charge is 0.260 e. The number of anilines is 1. The zero-order valence-corrected chi connectivity index (χ0v) is 16.0. The Hall–Kier alpha value is -3.49. The molecule has 2 aromatic heterocycles. The molecule has 9 heteroatoms. The number of halogens is 1. The maximum Gasteiger partial charge on any atom is 0.260 e. The highest BCUT2D eigenvalue weighted by molar-refractivity contribution is 5.78. The zero-order valence-electron chi connectivity index (χ0n) is 16.0. The topological polar surface area (TPSA) is 76.4 Å². The van der Waals surface area contributed by atoms with E-state index in [1.807, 2.05) is 23.8 Å². The molecule has 1 aromatic carbocycles. The molecular weight excluding hydrogens is 375 g/mol. The average Bonchev–Trinajstić information content (AvgIpc) is 3.19. The fourth-order valence-corrected chi connectivity index (χ4v) is 3.21. The van der Waals surface area contributed by atoms with E-state index in [4.69, 9.17) is 4.74 Å². The number of hydrogen-bond acceptors (Lipinski definition) is 6. The highest BCUT2D eigenvalue weighted by atomic mass is 19.1. The molecule has 0 N–H and O–H groups in total. The highest BCUT2D eigenvalue weighted by Crippen LogP contribution is 2.17. The molecular formula is C20H21FN6O2. The summed E-state index contributed by atoms with van der Waals surface area (Å²) in [6.07, 6.45) is 5.13. The molecule has 3 heterocycles. The SMILES string of the molecule is Cc1nccn1-c1cc(N2CCN(C(=O)COc3ccc(F)cc3)CC2)ncn1. The molecule has 8 nitrogen and oxygen atoms in total. The summed E-state index contributed by atoms with van der Waals surface area (Å²) in [4.78, 5) is 29.2. The number of amides is 1. The first-order chi connectivity index (χ1) is 14.1. The second-order valence-electron chi connectivity index (χ2n) is 6.69. The van der Waals surface area contributed by atoms with Gasteiger partial charge in [0.2, 0.25) is 0 Å². The lowest BCUT2D eigenvalue weighted by atomic mass is 10.3. The molecule has 1 aliphatic rings. The molecule has 1 amide bonds. The van der Waals surface area contributed by atoms with Crippen LogP contribution in [0.1, 0.15) is 5.82 Å². The molecule has 0 atom stereocenters. The van der Waals surface area contributed by atoms with Crippen molar-refractivity contribution in [2.75, 3.05) is 37.7 Å². The van der Waals surface area contributed by atoms with Gasteiger partial charge in [-0.2, -0.15) is 0 Å². The number of carbonyl (C=O) groups is 1. The van der Waals surface area contributed by atoms with Crippen molar-refractivity contribution in [1.82, 2.24) is 24.4 Å². The average molecular weight is 396 g/mol. The van der Waals surface area contributed by atoms with Crippen LogP contribution in [-0.4, -0.2) is 63.1 Å². The summed E-state index contributed by atoms with van der Waals surface area (Å²) in [7, 11) is 0. The maximum absolute atomic E-state index is 12.9. The van der Waals surface area contributed by atoms with Gasteiger partial charge in [0.15, 0.2) is 6.61 Å². The van der Waals surface area contributed by atoms with Gasteiger partial charge in [-0.3, -0.25) is 9.36 Å². The Bertz CT molecular complexity index is 983. The van der Waals surface area contributed by atoms with Gasteiger partial charge in [-0.1, -0.05) is 0 Å². The molecule has 0 bridgehead atoms. The number of imidazole rings is 1. The van der Waals surface area contributed by atoms with Crippen LogP contribution in [0.15, 0.2) is 49.1 Å². The molecule has 4 rings (SSSR count). The van der Waals surface area contributed by atoms with E-state index in [2.05, 4.69) is 19.9 Å². The fourth-order valence-electron chi connectivity index (χ4n) is 3.21. The van der Waals surface area contributed by atoms with Crippen LogP contribution in [0.2, 0.25) is 0 Å². The first kappa shape index (κ1) is 18.9. The van der Waals surface area contributed by atoms with Gasteiger partial charge in [0.05, 0.1) is 0 Å². The Labute approximate surface area is 167 Å². The maximum atomic E-state index is 12.9. The van der Waals surface area contributed by atoms with Gasteiger partial charge in [0.1, 0.15) is 35.4 Å². The summed E-state index contributed by atoms with van der Waals surface area (Å²) in [5.74, 6) is 2.48. The highest BCUT2D eigenvalue weighted by Gasteiger charge is 2.22. The molecule has 0 aliphatic carbocycles. The van der Waals surface area contributed by atoms with E-state index in [-0.39, 0.29) is 18.3 Å². The molecule has 0 spiro atoms. The largest absolute Gasteiger partial charge is 0.484 e. The molecule has 1 aliphatic heterocycles. The number of rotatable bonds is 5. The van der Waals surface area contributed by atoms with Crippen LogP contribution in [0, 0.1) is 12.7 Å². The van der Waals surface area contributed by atoms with Gasteiger partial charge in [-0.05, 0) is 31.2 Å². The third-order valence-corrected chi connectivity index (χ3v) is 4.84. The van der Waals surface area contributed by atoms with E-state index in [0.29, 0.717) is 31.9 Å². The fraction of sp³-hybridized carbons (Fsp3) is 0.300. The first-order valence-electron chi connectivity index (χ1n) is 9.33. The van der Waals surface area contributed by atoms with E-state index in [1.165, 1.54) is 30.6 Å². The molecule has 29 heavy (non-hydrogen) atoms. The van der Waals surface area contributed by atoms with Crippen molar-refractivity contribution in [2.24, 2.45) is 0 Å². The van der Waals surface area contributed by atoms with Gasteiger partial charge >= 0.3 is 0 Å².